The molecule has 2 heterocycles. The second-order valence-electron chi connectivity index (χ2n) is 3.37. The number of pyridine rings is 1. The van der Waals surface area contributed by atoms with Gasteiger partial charge in [0.15, 0.2) is 5.75 Å². The summed E-state index contributed by atoms with van der Waals surface area (Å²) in [5.41, 5.74) is 6.27. The van der Waals surface area contributed by atoms with Crippen LogP contribution in [0.1, 0.15) is 12.5 Å². The lowest BCUT2D eigenvalue weighted by molar-refractivity contribution is 0.460. The highest BCUT2D eigenvalue weighted by molar-refractivity contribution is 5.49. The maximum absolute atomic E-state index is 8.93. The lowest BCUT2D eigenvalue weighted by Gasteiger charge is -2.03. The van der Waals surface area contributed by atoms with E-state index in [9.17, 15) is 0 Å². The summed E-state index contributed by atoms with van der Waals surface area (Å²) in [6.45, 7) is 2.72. The number of aromatic nitrogens is 3. The molecule has 0 saturated carbocycles. The van der Waals surface area contributed by atoms with Crippen LogP contribution < -0.4 is 10.5 Å². The Hall–Kier alpha value is -2.55. The molecule has 0 bridgehead atoms. The van der Waals surface area contributed by atoms with Crippen LogP contribution in [0.15, 0.2) is 24.7 Å². The van der Waals surface area contributed by atoms with Crippen molar-refractivity contribution in [2.45, 2.75) is 13.5 Å². The van der Waals surface area contributed by atoms with Crippen molar-refractivity contribution in [2.24, 2.45) is 0 Å². The van der Waals surface area contributed by atoms with Gasteiger partial charge in [-0.15, -0.1) is 0 Å². The summed E-state index contributed by atoms with van der Waals surface area (Å²) < 4.78 is 7.19. The van der Waals surface area contributed by atoms with Crippen LogP contribution in [0, 0.1) is 11.3 Å². The predicted octanol–water partition coefficient (Wildman–Crippen LogP) is 1.54. The van der Waals surface area contributed by atoms with Crippen LogP contribution in [0.4, 0.5) is 5.69 Å². The number of ether oxygens (including phenoxy) is 1. The topological polar surface area (TPSA) is 89.8 Å². The van der Waals surface area contributed by atoms with Gasteiger partial charge in [-0.3, -0.25) is 4.68 Å². The van der Waals surface area contributed by atoms with Crippen molar-refractivity contribution in [2.75, 3.05) is 5.73 Å². The Morgan fingerprint density at radius 2 is 2.35 bits per heavy atom. The summed E-state index contributed by atoms with van der Waals surface area (Å²) in [4.78, 5) is 3.97. The van der Waals surface area contributed by atoms with Crippen molar-refractivity contribution in [3.8, 4) is 17.7 Å². The molecule has 2 rings (SSSR count). The molecule has 2 aromatic rings. The van der Waals surface area contributed by atoms with Gasteiger partial charge >= 0.3 is 0 Å². The fourth-order valence-corrected chi connectivity index (χ4v) is 1.31. The summed E-state index contributed by atoms with van der Waals surface area (Å²) in [6.07, 6.45) is 4.75. The zero-order valence-corrected chi connectivity index (χ0v) is 9.29. The number of nitriles is 1. The molecule has 0 aliphatic carbocycles. The van der Waals surface area contributed by atoms with E-state index < -0.39 is 0 Å². The molecule has 0 radical (unpaired) electrons. The number of anilines is 1. The van der Waals surface area contributed by atoms with Crippen molar-refractivity contribution in [1.29, 1.82) is 5.26 Å². The average Bonchev–Trinajstić information content (AvgIpc) is 2.79. The minimum atomic E-state index is 0.234. The number of rotatable bonds is 3. The summed E-state index contributed by atoms with van der Waals surface area (Å²) >= 11 is 0. The Bertz CT molecular complexity index is 569. The van der Waals surface area contributed by atoms with E-state index in [0.29, 0.717) is 17.0 Å². The molecule has 0 aliphatic rings. The molecule has 6 heteroatoms. The molecule has 0 unspecified atom stereocenters. The molecule has 0 saturated heterocycles. The standard InChI is InChI=1S/C11H11N5O/c1-2-16-7-10(6-15-16)17-11-8(4-12)3-9(13)5-14-11/h3,5-7H,2,13H2,1H3. The number of nitrogens with two attached hydrogens (primary N) is 1. The molecule has 2 N–H and O–H groups in total. The van der Waals surface area contributed by atoms with Crippen molar-refractivity contribution < 1.29 is 4.74 Å². The number of nitrogen functional groups attached to an aromatic ring is 1. The van der Waals surface area contributed by atoms with Gasteiger partial charge in [-0.1, -0.05) is 0 Å². The Morgan fingerprint density at radius 3 is 3.00 bits per heavy atom. The molecule has 17 heavy (non-hydrogen) atoms. The number of aryl methyl sites for hydroxylation is 1. The molecule has 0 atom stereocenters. The smallest absolute Gasteiger partial charge is 0.237 e. The SMILES string of the molecule is CCn1cc(Oc2ncc(N)cc2C#N)cn1. The first-order valence-corrected chi connectivity index (χ1v) is 5.09. The summed E-state index contributed by atoms with van der Waals surface area (Å²) in [5.74, 6) is 0.776. The van der Waals surface area contributed by atoms with Crippen molar-refractivity contribution in [3.63, 3.8) is 0 Å². The first kappa shape index (κ1) is 11.0. The molecular formula is C11H11N5O. The predicted molar refractivity (Wildman–Crippen MR) is 61.3 cm³/mol. The summed E-state index contributed by atoms with van der Waals surface area (Å²) in [7, 11) is 0. The zero-order valence-electron chi connectivity index (χ0n) is 9.29. The van der Waals surface area contributed by atoms with Gasteiger partial charge in [-0.2, -0.15) is 10.4 Å². The molecule has 0 aliphatic heterocycles. The fourth-order valence-electron chi connectivity index (χ4n) is 1.31. The van der Waals surface area contributed by atoms with E-state index in [-0.39, 0.29) is 5.88 Å². The van der Waals surface area contributed by atoms with Gasteiger partial charge in [0.05, 0.1) is 24.3 Å². The second kappa shape index (κ2) is 4.53. The third-order valence-corrected chi connectivity index (χ3v) is 2.14. The van der Waals surface area contributed by atoms with Gasteiger partial charge in [0, 0.05) is 6.54 Å². The lowest BCUT2D eigenvalue weighted by atomic mass is 10.3. The first-order valence-electron chi connectivity index (χ1n) is 5.09. The quantitative estimate of drug-likeness (QED) is 0.862. The Morgan fingerprint density at radius 1 is 1.53 bits per heavy atom. The highest BCUT2D eigenvalue weighted by Crippen LogP contribution is 2.23. The van der Waals surface area contributed by atoms with Crippen LogP contribution in [0.3, 0.4) is 0 Å². The van der Waals surface area contributed by atoms with Crippen LogP contribution in [0.5, 0.6) is 11.6 Å². The van der Waals surface area contributed by atoms with Crippen molar-refractivity contribution >= 4 is 5.69 Å². The number of hydrogen-bond acceptors (Lipinski definition) is 5. The van der Waals surface area contributed by atoms with E-state index in [1.165, 1.54) is 12.3 Å². The molecule has 0 spiro atoms. The normalized spacial score (nSPS) is 9.88. The van der Waals surface area contributed by atoms with Crippen LogP contribution in [0.2, 0.25) is 0 Å². The van der Waals surface area contributed by atoms with Crippen molar-refractivity contribution in [1.82, 2.24) is 14.8 Å². The Kier molecular flexibility index (Phi) is 2.92. The Balaban J connectivity index is 2.27. The van der Waals surface area contributed by atoms with E-state index in [2.05, 4.69) is 10.1 Å². The molecule has 0 fully saturated rings. The second-order valence-corrected chi connectivity index (χ2v) is 3.37. The molecule has 0 amide bonds. The van der Waals surface area contributed by atoms with Gasteiger partial charge in [-0.25, -0.2) is 4.98 Å². The van der Waals surface area contributed by atoms with Gasteiger partial charge in [-0.05, 0) is 13.0 Å². The monoisotopic (exact) mass is 229 g/mol. The maximum atomic E-state index is 8.93. The number of hydrogen-bond donors (Lipinski definition) is 1. The van der Waals surface area contributed by atoms with Crippen LogP contribution in [-0.2, 0) is 6.54 Å². The minimum absolute atomic E-state index is 0.234. The Labute approximate surface area is 98.3 Å². The summed E-state index contributed by atoms with van der Waals surface area (Å²) in [5, 5.41) is 13.0. The van der Waals surface area contributed by atoms with Gasteiger partial charge in [0.25, 0.3) is 0 Å². The van der Waals surface area contributed by atoms with E-state index in [4.69, 9.17) is 15.7 Å². The molecule has 6 nitrogen and oxygen atoms in total. The van der Waals surface area contributed by atoms with E-state index in [0.717, 1.165) is 6.54 Å². The third-order valence-electron chi connectivity index (χ3n) is 2.14. The average molecular weight is 229 g/mol. The largest absolute Gasteiger partial charge is 0.434 e. The minimum Gasteiger partial charge on any atom is -0.434 e. The first-order chi connectivity index (χ1) is 8.22. The van der Waals surface area contributed by atoms with Crippen LogP contribution in [-0.4, -0.2) is 14.8 Å². The zero-order chi connectivity index (χ0) is 12.3. The van der Waals surface area contributed by atoms with Gasteiger partial charge < -0.3 is 10.5 Å². The summed E-state index contributed by atoms with van der Waals surface area (Å²) in [6, 6.07) is 3.50. The van der Waals surface area contributed by atoms with Gasteiger partial charge in [0.2, 0.25) is 5.88 Å². The van der Waals surface area contributed by atoms with Crippen LogP contribution in [0.25, 0.3) is 0 Å². The van der Waals surface area contributed by atoms with E-state index >= 15 is 0 Å². The lowest BCUT2D eigenvalue weighted by Crippen LogP contribution is -1.94. The molecule has 2 aromatic heterocycles. The fraction of sp³-hybridized carbons (Fsp3) is 0.182. The molecular weight excluding hydrogens is 218 g/mol. The third kappa shape index (κ3) is 2.34. The maximum Gasteiger partial charge on any atom is 0.237 e. The molecule has 0 aromatic carbocycles. The van der Waals surface area contributed by atoms with Crippen molar-refractivity contribution in [3.05, 3.63) is 30.2 Å². The number of nitrogens with zero attached hydrogens (tertiary/aromatic N) is 4. The van der Waals surface area contributed by atoms with E-state index in [1.807, 2.05) is 13.0 Å². The van der Waals surface area contributed by atoms with Gasteiger partial charge in [0.1, 0.15) is 11.6 Å². The highest BCUT2D eigenvalue weighted by atomic mass is 16.5. The van der Waals surface area contributed by atoms with E-state index in [1.54, 1.807) is 17.1 Å². The van der Waals surface area contributed by atoms with Crippen LogP contribution >= 0.6 is 0 Å². The molecule has 86 valence electrons. The highest BCUT2D eigenvalue weighted by Gasteiger charge is 2.08.